The maximum absolute atomic E-state index is 12.7. The molecule has 1 aromatic carbocycles. The minimum Gasteiger partial charge on any atom is -0.299 e. The van der Waals surface area contributed by atoms with Crippen molar-refractivity contribution in [3.05, 3.63) is 53.6 Å². The van der Waals surface area contributed by atoms with Gasteiger partial charge >= 0.3 is 0 Å². The SMILES string of the molecule is CCn1cc(CC(=O)Cc2ccc(F)cc2)cn1. The van der Waals surface area contributed by atoms with Crippen LogP contribution in [-0.4, -0.2) is 15.6 Å². The van der Waals surface area contributed by atoms with Crippen molar-refractivity contribution in [2.45, 2.75) is 26.3 Å². The maximum Gasteiger partial charge on any atom is 0.141 e. The number of benzene rings is 1. The number of aryl methyl sites for hydroxylation is 1. The summed E-state index contributed by atoms with van der Waals surface area (Å²) in [6.45, 7) is 2.79. The molecule has 2 aromatic rings. The molecule has 0 fully saturated rings. The van der Waals surface area contributed by atoms with E-state index in [0.29, 0.717) is 12.8 Å². The third kappa shape index (κ3) is 3.26. The number of carbonyl (C=O) groups excluding carboxylic acids is 1. The number of Topliss-reactive ketones (excluding diaryl/α,β-unsaturated/α-hetero) is 1. The van der Waals surface area contributed by atoms with E-state index < -0.39 is 0 Å². The summed E-state index contributed by atoms with van der Waals surface area (Å²) in [6.07, 6.45) is 4.30. The highest BCUT2D eigenvalue weighted by atomic mass is 19.1. The molecule has 0 N–H and O–H groups in total. The van der Waals surface area contributed by atoms with Gasteiger partial charge in [-0.25, -0.2) is 4.39 Å². The zero-order valence-corrected chi connectivity index (χ0v) is 10.3. The van der Waals surface area contributed by atoms with Crippen molar-refractivity contribution < 1.29 is 9.18 Å². The molecule has 0 aliphatic rings. The Balaban J connectivity index is 1.94. The van der Waals surface area contributed by atoms with Crippen LogP contribution in [0.2, 0.25) is 0 Å². The summed E-state index contributed by atoms with van der Waals surface area (Å²) in [5.74, 6) is -0.173. The lowest BCUT2D eigenvalue weighted by molar-refractivity contribution is -0.117. The minimum atomic E-state index is -0.282. The average molecular weight is 246 g/mol. The fourth-order valence-electron chi connectivity index (χ4n) is 1.79. The molecule has 1 heterocycles. The molecule has 0 saturated heterocycles. The van der Waals surface area contributed by atoms with Crippen molar-refractivity contribution >= 4 is 5.78 Å². The second-order valence-electron chi connectivity index (χ2n) is 4.22. The number of nitrogens with zero attached hydrogens (tertiary/aromatic N) is 2. The topological polar surface area (TPSA) is 34.9 Å². The fraction of sp³-hybridized carbons (Fsp3) is 0.286. The van der Waals surface area contributed by atoms with Crippen LogP contribution in [0.15, 0.2) is 36.7 Å². The largest absolute Gasteiger partial charge is 0.299 e. The summed E-state index contributed by atoms with van der Waals surface area (Å²) in [5.41, 5.74) is 1.76. The van der Waals surface area contributed by atoms with Gasteiger partial charge in [-0.3, -0.25) is 9.48 Å². The standard InChI is InChI=1S/C14H15FN2O/c1-2-17-10-12(9-16-17)8-14(18)7-11-3-5-13(15)6-4-11/h3-6,9-10H,2,7-8H2,1H3. The average Bonchev–Trinajstić information content (AvgIpc) is 2.79. The first-order valence-electron chi connectivity index (χ1n) is 5.95. The Morgan fingerprint density at radius 2 is 1.89 bits per heavy atom. The highest BCUT2D eigenvalue weighted by Crippen LogP contribution is 2.07. The molecule has 3 nitrogen and oxygen atoms in total. The highest BCUT2D eigenvalue weighted by Gasteiger charge is 2.07. The van der Waals surface area contributed by atoms with E-state index in [-0.39, 0.29) is 11.6 Å². The zero-order chi connectivity index (χ0) is 13.0. The number of halogens is 1. The van der Waals surface area contributed by atoms with Crippen LogP contribution < -0.4 is 0 Å². The van der Waals surface area contributed by atoms with Crippen LogP contribution in [-0.2, 0) is 24.2 Å². The molecule has 0 aliphatic carbocycles. The first-order valence-corrected chi connectivity index (χ1v) is 5.95. The van der Waals surface area contributed by atoms with Crippen molar-refractivity contribution in [3.8, 4) is 0 Å². The molecule has 0 saturated carbocycles. The van der Waals surface area contributed by atoms with Crippen molar-refractivity contribution in [1.82, 2.24) is 9.78 Å². The predicted molar refractivity (Wildman–Crippen MR) is 66.7 cm³/mol. The molecule has 0 atom stereocenters. The first-order chi connectivity index (χ1) is 8.67. The molecule has 94 valence electrons. The van der Waals surface area contributed by atoms with Gasteiger partial charge in [0.05, 0.1) is 6.20 Å². The second kappa shape index (κ2) is 5.58. The monoisotopic (exact) mass is 246 g/mol. The quantitative estimate of drug-likeness (QED) is 0.812. The molecule has 0 aliphatic heterocycles. The summed E-state index contributed by atoms with van der Waals surface area (Å²) < 4.78 is 14.5. The predicted octanol–water partition coefficient (Wildman–Crippen LogP) is 2.40. The molecule has 0 spiro atoms. The number of hydrogen-bond donors (Lipinski definition) is 0. The van der Waals surface area contributed by atoms with Crippen LogP contribution in [0.25, 0.3) is 0 Å². The summed E-state index contributed by atoms with van der Waals surface area (Å²) in [5, 5.41) is 4.12. The molecule has 4 heteroatoms. The summed E-state index contributed by atoms with van der Waals surface area (Å²) in [4.78, 5) is 11.8. The van der Waals surface area contributed by atoms with Gasteiger partial charge in [0.2, 0.25) is 0 Å². The van der Waals surface area contributed by atoms with Gasteiger partial charge in [0.1, 0.15) is 11.6 Å². The zero-order valence-electron chi connectivity index (χ0n) is 10.3. The molecule has 0 radical (unpaired) electrons. The van der Waals surface area contributed by atoms with Gasteiger partial charge in [-0.15, -0.1) is 0 Å². The van der Waals surface area contributed by atoms with E-state index in [9.17, 15) is 9.18 Å². The molecule has 18 heavy (non-hydrogen) atoms. The van der Waals surface area contributed by atoms with Gasteiger partial charge in [-0.2, -0.15) is 5.10 Å². The Morgan fingerprint density at radius 1 is 1.22 bits per heavy atom. The van der Waals surface area contributed by atoms with E-state index >= 15 is 0 Å². The van der Waals surface area contributed by atoms with Crippen LogP contribution in [0.4, 0.5) is 4.39 Å². The van der Waals surface area contributed by atoms with E-state index in [0.717, 1.165) is 17.7 Å². The number of aromatic nitrogens is 2. The number of carbonyl (C=O) groups is 1. The van der Waals surface area contributed by atoms with Gasteiger partial charge in [0.25, 0.3) is 0 Å². The normalized spacial score (nSPS) is 10.6. The third-order valence-electron chi connectivity index (χ3n) is 2.73. The van der Waals surface area contributed by atoms with Gasteiger partial charge in [-0.05, 0) is 30.2 Å². The lowest BCUT2D eigenvalue weighted by Gasteiger charge is -2.00. The van der Waals surface area contributed by atoms with Crippen molar-refractivity contribution in [3.63, 3.8) is 0 Å². The van der Waals surface area contributed by atoms with Crippen LogP contribution >= 0.6 is 0 Å². The van der Waals surface area contributed by atoms with E-state index in [1.807, 2.05) is 13.1 Å². The smallest absolute Gasteiger partial charge is 0.141 e. The van der Waals surface area contributed by atoms with E-state index in [4.69, 9.17) is 0 Å². The Bertz CT molecular complexity index is 531. The summed E-state index contributed by atoms with van der Waals surface area (Å²) >= 11 is 0. The van der Waals surface area contributed by atoms with E-state index in [2.05, 4.69) is 5.10 Å². The van der Waals surface area contributed by atoms with Gasteiger partial charge in [-0.1, -0.05) is 12.1 Å². The number of rotatable bonds is 5. The molecule has 0 amide bonds. The highest BCUT2D eigenvalue weighted by molar-refractivity contribution is 5.82. The minimum absolute atomic E-state index is 0.109. The van der Waals surface area contributed by atoms with Crippen molar-refractivity contribution in [2.24, 2.45) is 0 Å². The van der Waals surface area contributed by atoms with Crippen molar-refractivity contribution in [2.75, 3.05) is 0 Å². The van der Waals surface area contributed by atoms with Gasteiger partial charge in [0, 0.05) is 25.6 Å². The van der Waals surface area contributed by atoms with E-state index in [1.54, 1.807) is 23.0 Å². The molecule has 2 rings (SSSR count). The van der Waals surface area contributed by atoms with Gasteiger partial charge < -0.3 is 0 Å². The fourth-order valence-corrected chi connectivity index (χ4v) is 1.79. The Hall–Kier alpha value is -1.97. The molecule has 0 bridgehead atoms. The van der Waals surface area contributed by atoms with Crippen LogP contribution in [0, 0.1) is 5.82 Å². The molecule has 0 unspecified atom stereocenters. The van der Waals surface area contributed by atoms with Crippen LogP contribution in [0.5, 0.6) is 0 Å². The molecule has 1 aromatic heterocycles. The van der Waals surface area contributed by atoms with Gasteiger partial charge in [0.15, 0.2) is 0 Å². The summed E-state index contributed by atoms with van der Waals surface area (Å²) in [6, 6.07) is 6.03. The Morgan fingerprint density at radius 3 is 2.50 bits per heavy atom. The second-order valence-corrected chi connectivity index (χ2v) is 4.22. The lowest BCUT2D eigenvalue weighted by Crippen LogP contribution is -2.06. The summed E-state index contributed by atoms with van der Waals surface area (Å²) in [7, 11) is 0. The van der Waals surface area contributed by atoms with Crippen LogP contribution in [0.3, 0.4) is 0 Å². The number of hydrogen-bond acceptors (Lipinski definition) is 2. The third-order valence-corrected chi connectivity index (χ3v) is 2.73. The number of ketones is 1. The van der Waals surface area contributed by atoms with Crippen LogP contribution in [0.1, 0.15) is 18.1 Å². The first kappa shape index (κ1) is 12.5. The molecular formula is C14H15FN2O. The molecular weight excluding hydrogens is 231 g/mol. The lowest BCUT2D eigenvalue weighted by atomic mass is 10.0. The van der Waals surface area contributed by atoms with Crippen molar-refractivity contribution in [1.29, 1.82) is 0 Å². The Labute approximate surface area is 105 Å². The Kier molecular flexibility index (Phi) is 3.87. The maximum atomic E-state index is 12.7. The van der Waals surface area contributed by atoms with E-state index in [1.165, 1.54) is 12.1 Å².